The van der Waals surface area contributed by atoms with Crippen LogP contribution in [0.25, 0.3) is 0 Å². The zero-order valence-corrected chi connectivity index (χ0v) is 14.8. The van der Waals surface area contributed by atoms with Gasteiger partial charge in [-0.2, -0.15) is 0 Å². The van der Waals surface area contributed by atoms with Gasteiger partial charge in [-0.15, -0.1) is 0 Å². The van der Waals surface area contributed by atoms with Gasteiger partial charge >= 0.3 is 0 Å². The molecule has 0 bridgehead atoms. The summed E-state index contributed by atoms with van der Waals surface area (Å²) in [6.07, 6.45) is 5.70. The van der Waals surface area contributed by atoms with E-state index in [-0.39, 0.29) is 11.4 Å². The number of sulfonamides is 1. The Hall–Kier alpha value is -1.72. The van der Waals surface area contributed by atoms with Crippen LogP contribution in [0.1, 0.15) is 43.7 Å². The molecular weight excluding hydrogens is 325 g/mol. The predicted molar refractivity (Wildman–Crippen MR) is 94.7 cm³/mol. The van der Waals surface area contributed by atoms with Gasteiger partial charge in [-0.3, -0.25) is 0 Å². The number of unbranched alkanes of at least 4 members (excludes halogenated alkanes) is 3. The van der Waals surface area contributed by atoms with Crippen LogP contribution in [0, 0.1) is 5.82 Å². The van der Waals surface area contributed by atoms with Crippen molar-refractivity contribution in [3.63, 3.8) is 0 Å². The summed E-state index contributed by atoms with van der Waals surface area (Å²) in [6.45, 7) is 2.11. The van der Waals surface area contributed by atoms with Crippen molar-refractivity contribution in [2.24, 2.45) is 0 Å². The maximum Gasteiger partial charge on any atom is 0.240 e. The Bertz CT molecular complexity index is 742. The van der Waals surface area contributed by atoms with Gasteiger partial charge in [0.05, 0.1) is 4.90 Å². The third-order valence-corrected chi connectivity index (χ3v) is 5.38. The summed E-state index contributed by atoms with van der Waals surface area (Å²) in [7, 11) is -3.64. The lowest BCUT2D eigenvalue weighted by molar-refractivity contribution is 0.574. The third-order valence-electron chi connectivity index (χ3n) is 3.96. The van der Waals surface area contributed by atoms with E-state index in [0.717, 1.165) is 18.4 Å². The molecule has 0 aromatic heterocycles. The Morgan fingerprint density at radius 3 is 2.33 bits per heavy atom. The number of aryl methyl sites for hydroxylation is 1. The van der Waals surface area contributed by atoms with E-state index in [9.17, 15) is 12.8 Å². The van der Waals surface area contributed by atoms with Crippen LogP contribution in [0.3, 0.4) is 0 Å². The summed E-state index contributed by atoms with van der Waals surface area (Å²) < 4.78 is 40.6. The van der Waals surface area contributed by atoms with Crippen molar-refractivity contribution in [2.45, 2.75) is 50.5 Å². The Balaban J connectivity index is 1.95. The van der Waals surface area contributed by atoms with Gasteiger partial charge in [0.2, 0.25) is 10.0 Å². The summed E-state index contributed by atoms with van der Waals surface area (Å²) in [5.74, 6) is -0.414. The minimum Gasteiger partial charge on any atom is -0.207 e. The largest absolute Gasteiger partial charge is 0.240 e. The van der Waals surface area contributed by atoms with Crippen molar-refractivity contribution in [3.05, 3.63) is 65.5 Å². The molecule has 0 amide bonds. The second-order valence-corrected chi connectivity index (χ2v) is 7.64. The first-order valence-electron chi connectivity index (χ1n) is 8.35. The number of rotatable bonds is 9. The van der Waals surface area contributed by atoms with Gasteiger partial charge in [-0.25, -0.2) is 17.5 Å². The zero-order valence-electron chi connectivity index (χ0n) is 14.0. The minimum atomic E-state index is -3.64. The van der Waals surface area contributed by atoms with Crippen molar-refractivity contribution in [3.8, 4) is 0 Å². The molecule has 0 aliphatic heterocycles. The highest BCUT2D eigenvalue weighted by atomic mass is 32.2. The molecule has 3 nitrogen and oxygen atoms in total. The lowest BCUT2D eigenvalue weighted by Gasteiger charge is -2.08. The SMILES string of the molecule is CCCCCCc1ccc(S(=O)(=O)NCc2ccccc2F)cc1. The fourth-order valence-corrected chi connectivity index (χ4v) is 3.50. The normalized spacial score (nSPS) is 11.6. The van der Waals surface area contributed by atoms with Crippen molar-refractivity contribution >= 4 is 10.0 Å². The van der Waals surface area contributed by atoms with Crippen LogP contribution in [0.15, 0.2) is 53.4 Å². The Kier molecular flexibility index (Phi) is 6.94. The van der Waals surface area contributed by atoms with E-state index in [1.807, 2.05) is 12.1 Å². The van der Waals surface area contributed by atoms with Crippen molar-refractivity contribution < 1.29 is 12.8 Å². The molecule has 0 aliphatic rings. The summed E-state index contributed by atoms with van der Waals surface area (Å²) in [5.41, 5.74) is 1.47. The van der Waals surface area contributed by atoms with Crippen molar-refractivity contribution in [1.29, 1.82) is 0 Å². The highest BCUT2D eigenvalue weighted by molar-refractivity contribution is 7.89. The van der Waals surface area contributed by atoms with Crippen LogP contribution >= 0.6 is 0 Å². The number of benzene rings is 2. The molecule has 0 aliphatic carbocycles. The topological polar surface area (TPSA) is 46.2 Å². The molecule has 2 aromatic carbocycles. The van der Waals surface area contributed by atoms with Gasteiger partial charge in [0.25, 0.3) is 0 Å². The molecule has 2 rings (SSSR count). The highest BCUT2D eigenvalue weighted by Crippen LogP contribution is 2.14. The molecule has 0 heterocycles. The van der Waals surface area contributed by atoms with Crippen LogP contribution in [-0.2, 0) is 23.0 Å². The molecule has 0 saturated carbocycles. The van der Waals surface area contributed by atoms with E-state index in [4.69, 9.17) is 0 Å². The number of hydrogen-bond donors (Lipinski definition) is 1. The fourth-order valence-electron chi connectivity index (χ4n) is 2.49. The van der Waals surface area contributed by atoms with Gasteiger partial charge in [0.15, 0.2) is 0 Å². The molecule has 1 N–H and O–H groups in total. The number of hydrogen-bond acceptors (Lipinski definition) is 2. The predicted octanol–water partition coefficient (Wildman–Crippen LogP) is 4.43. The fraction of sp³-hybridized carbons (Fsp3) is 0.368. The van der Waals surface area contributed by atoms with Gasteiger partial charge in [-0.05, 0) is 36.6 Å². The maximum absolute atomic E-state index is 13.6. The molecule has 24 heavy (non-hydrogen) atoms. The second kappa shape index (κ2) is 8.94. The smallest absolute Gasteiger partial charge is 0.207 e. The van der Waals surface area contributed by atoms with Crippen LogP contribution in [0.4, 0.5) is 4.39 Å². The van der Waals surface area contributed by atoms with Crippen LogP contribution < -0.4 is 4.72 Å². The first-order valence-corrected chi connectivity index (χ1v) is 9.83. The number of halogens is 1. The average Bonchev–Trinajstić information content (AvgIpc) is 2.58. The summed E-state index contributed by atoms with van der Waals surface area (Å²) >= 11 is 0. The molecule has 5 heteroatoms. The molecule has 0 atom stereocenters. The van der Waals surface area contributed by atoms with E-state index in [1.165, 1.54) is 25.3 Å². The maximum atomic E-state index is 13.6. The second-order valence-electron chi connectivity index (χ2n) is 5.87. The minimum absolute atomic E-state index is 0.0617. The third kappa shape index (κ3) is 5.42. The van der Waals surface area contributed by atoms with Gasteiger partial charge in [0, 0.05) is 12.1 Å². The van der Waals surface area contributed by atoms with Gasteiger partial charge < -0.3 is 0 Å². The van der Waals surface area contributed by atoms with Crippen molar-refractivity contribution in [2.75, 3.05) is 0 Å². The number of nitrogens with one attached hydrogen (secondary N) is 1. The van der Waals surface area contributed by atoms with Gasteiger partial charge in [0.1, 0.15) is 5.82 Å². The van der Waals surface area contributed by atoms with Crippen LogP contribution in [-0.4, -0.2) is 8.42 Å². The first kappa shape index (κ1) is 18.6. The molecule has 0 radical (unpaired) electrons. The Morgan fingerprint density at radius 2 is 1.67 bits per heavy atom. The molecule has 0 saturated heterocycles. The van der Waals surface area contributed by atoms with E-state index in [2.05, 4.69) is 11.6 Å². The van der Waals surface area contributed by atoms with Gasteiger partial charge in [-0.1, -0.05) is 56.5 Å². The van der Waals surface area contributed by atoms with E-state index in [0.29, 0.717) is 5.56 Å². The van der Waals surface area contributed by atoms with E-state index >= 15 is 0 Å². The standard InChI is InChI=1S/C19H24FNO2S/c1-2-3-4-5-8-16-11-13-18(14-12-16)24(22,23)21-15-17-9-6-7-10-19(17)20/h6-7,9-14,21H,2-5,8,15H2,1H3. The van der Waals surface area contributed by atoms with Crippen LogP contribution in [0.5, 0.6) is 0 Å². The Morgan fingerprint density at radius 1 is 0.958 bits per heavy atom. The molecule has 2 aromatic rings. The molecular formula is C19H24FNO2S. The zero-order chi connectivity index (χ0) is 17.4. The summed E-state index contributed by atoms with van der Waals surface area (Å²) in [5, 5.41) is 0. The Labute approximate surface area is 144 Å². The molecule has 0 fully saturated rings. The molecule has 130 valence electrons. The quantitative estimate of drug-likeness (QED) is 0.681. The van der Waals surface area contributed by atoms with Crippen LogP contribution in [0.2, 0.25) is 0 Å². The summed E-state index contributed by atoms with van der Waals surface area (Å²) in [4.78, 5) is 0.205. The van der Waals surface area contributed by atoms with E-state index in [1.54, 1.807) is 30.3 Å². The van der Waals surface area contributed by atoms with Crippen molar-refractivity contribution in [1.82, 2.24) is 4.72 Å². The molecule has 0 unspecified atom stereocenters. The lowest BCUT2D eigenvalue weighted by Crippen LogP contribution is -2.23. The highest BCUT2D eigenvalue weighted by Gasteiger charge is 2.14. The first-order chi connectivity index (χ1) is 11.5. The monoisotopic (exact) mass is 349 g/mol. The summed E-state index contributed by atoms with van der Waals surface area (Å²) in [6, 6.07) is 13.1. The molecule has 0 spiro atoms. The lowest BCUT2D eigenvalue weighted by atomic mass is 10.1. The average molecular weight is 349 g/mol. The van der Waals surface area contributed by atoms with E-state index < -0.39 is 15.8 Å².